The van der Waals surface area contributed by atoms with E-state index in [4.69, 9.17) is 9.47 Å². The number of aromatic nitrogens is 3. The van der Waals surface area contributed by atoms with Gasteiger partial charge in [0.15, 0.2) is 18.2 Å². The minimum atomic E-state index is -0.598. The number of methoxy groups -OCH3 is 1. The number of nitrogens with zero attached hydrogens (tertiary/aromatic N) is 4. The summed E-state index contributed by atoms with van der Waals surface area (Å²) < 4.78 is 25.4. The third-order valence-electron chi connectivity index (χ3n) is 4.39. The van der Waals surface area contributed by atoms with Crippen LogP contribution in [0.15, 0.2) is 55.1 Å². The number of likely N-dealkylation sites (N-methyl/N-ethyl adjacent to an activating group) is 1. The van der Waals surface area contributed by atoms with Gasteiger partial charge in [-0.3, -0.25) is 4.79 Å². The molecule has 0 saturated carbocycles. The van der Waals surface area contributed by atoms with E-state index in [2.05, 4.69) is 10.1 Å². The molecule has 2 aromatic carbocycles. The molecule has 9 heteroatoms. The monoisotopic (exact) mass is 412 g/mol. The zero-order valence-electron chi connectivity index (χ0n) is 16.6. The Morgan fingerprint density at radius 1 is 1.13 bits per heavy atom. The maximum Gasteiger partial charge on any atom is 0.338 e. The predicted octanol–water partition coefficient (Wildman–Crippen LogP) is 2.29. The maximum atomic E-state index is 13.8. The van der Waals surface area contributed by atoms with Crippen LogP contribution in [0.25, 0.3) is 0 Å². The largest absolute Gasteiger partial charge is 0.494 e. The van der Waals surface area contributed by atoms with Crippen LogP contribution in [0.1, 0.15) is 21.5 Å². The van der Waals surface area contributed by atoms with Gasteiger partial charge < -0.3 is 14.4 Å². The Bertz CT molecular complexity index is 1010. The molecule has 0 spiro atoms. The summed E-state index contributed by atoms with van der Waals surface area (Å²) in [5.74, 6) is -1.37. The van der Waals surface area contributed by atoms with Crippen LogP contribution in [-0.4, -0.2) is 52.3 Å². The van der Waals surface area contributed by atoms with Crippen LogP contribution in [0.5, 0.6) is 5.75 Å². The minimum Gasteiger partial charge on any atom is -0.494 e. The van der Waals surface area contributed by atoms with E-state index in [9.17, 15) is 14.0 Å². The highest BCUT2D eigenvalue weighted by molar-refractivity contribution is 5.91. The van der Waals surface area contributed by atoms with E-state index >= 15 is 0 Å². The number of hydrogen-bond donors (Lipinski definition) is 0. The van der Waals surface area contributed by atoms with E-state index in [0.29, 0.717) is 17.7 Å². The van der Waals surface area contributed by atoms with Crippen LogP contribution in [-0.2, 0) is 22.6 Å². The maximum absolute atomic E-state index is 13.8. The summed E-state index contributed by atoms with van der Waals surface area (Å²) in [7, 11) is 2.93. The molecule has 0 N–H and O–H groups in total. The van der Waals surface area contributed by atoms with Crippen molar-refractivity contribution in [2.45, 2.75) is 13.1 Å². The summed E-state index contributed by atoms with van der Waals surface area (Å²) >= 11 is 0. The highest BCUT2D eigenvalue weighted by Gasteiger charge is 2.15. The third kappa shape index (κ3) is 5.40. The molecule has 156 valence electrons. The van der Waals surface area contributed by atoms with Crippen molar-refractivity contribution in [2.75, 3.05) is 20.8 Å². The van der Waals surface area contributed by atoms with Crippen molar-refractivity contribution < 1.29 is 23.5 Å². The van der Waals surface area contributed by atoms with Gasteiger partial charge in [0.25, 0.3) is 5.91 Å². The van der Waals surface area contributed by atoms with Crippen molar-refractivity contribution in [1.82, 2.24) is 19.7 Å². The van der Waals surface area contributed by atoms with Crippen LogP contribution in [0, 0.1) is 5.82 Å². The van der Waals surface area contributed by atoms with E-state index in [-0.39, 0.29) is 12.3 Å². The van der Waals surface area contributed by atoms with E-state index in [1.54, 1.807) is 48.4 Å². The number of carbonyl (C=O) groups is 2. The molecule has 0 bridgehead atoms. The van der Waals surface area contributed by atoms with Gasteiger partial charge in [-0.25, -0.2) is 18.9 Å². The molecule has 0 aliphatic heterocycles. The van der Waals surface area contributed by atoms with Crippen molar-refractivity contribution >= 4 is 11.9 Å². The molecular weight excluding hydrogens is 391 g/mol. The van der Waals surface area contributed by atoms with Gasteiger partial charge in [-0.2, -0.15) is 5.10 Å². The van der Waals surface area contributed by atoms with E-state index < -0.39 is 24.3 Å². The normalized spacial score (nSPS) is 10.5. The van der Waals surface area contributed by atoms with Gasteiger partial charge in [0.05, 0.1) is 19.2 Å². The Morgan fingerprint density at radius 2 is 1.87 bits per heavy atom. The van der Waals surface area contributed by atoms with Crippen molar-refractivity contribution in [2.24, 2.45) is 0 Å². The number of esters is 1. The molecule has 8 nitrogen and oxygen atoms in total. The van der Waals surface area contributed by atoms with Crippen LogP contribution in [0.4, 0.5) is 4.39 Å². The molecule has 0 saturated heterocycles. The summed E-state index contributed by atoms with van der Waals surface area (Å²) in [5.41, 5.74) is 1.88. The topological polar surface area (TPSA) is 86.5 Å². The summed E-state index contributed by atoms with van der Waals surface area (Å²) in [6.45, 7) is 0.299. The molecule has 0 fully saturated rings. The lowest BCUT2D eigenvalue weighted by Gasteiger charge is -2.17. The fraction of sp³-hybridized carbons (Fsp3) is 0.238. The van der Waals surface area contributed by atoms with Gasteiger partial charge in [0.2, 0.25) is 0 Å². The van der Waals surface area contributed by atoms with Gasteiger partial charge in [0, 0.05) is 13.6 Å². The van der Waals surface area contributed by atoms with Gasteiger partial charge >= 0.3 is 5.97 Å². The molecule has 1 aromatic heterocycles. The Kier molecular flexibility index (Phi) is 6.74. The number of rotatable bonds is 8. The smallest absolute Gasteiger partial charge is 0.338 e. The Hall–Kier alpha value is -3.75. The van der Waals surface area contributed by atoms with Crippen molar-refractivity contribution in [1.29, 1.82) is 0 Å². The minimum absolute atomic E-state index is 0.133. The van der Waals surface area contributed by atoms with Crippen LogP contribution in [0.2, 0.25) is 0 Å². The van der Waals surface area contributed by atoms with Crippen molar-refractivity contribution in [3.63, 3.8) is 0 Å². The van der Waals surface area contributed by atoms with Crippen molar-refractivity contribution in [3.8, 4) is 5.75 Å². The molecule has 1 amide bonds. The van der Waals surface area contributed by atoms with E-state index in [1.165, 1.54) is 30.5 Å². The standard InChI is InChI=1S/C21H21FN4O4/c1-25(10-16-5-8-19(29-2)18(22)9-16)20(27)12-30-21(28)17-6-3-15(4-7-17)11-26-14-23-13-24-26/h3-9,13-14H,10-12H2,1-2H3. The molecule has 3 aromatic rings. The number of hydrogen-bond acceptors (Lipinski definition) is 6. The predicted molar refractivity (Wildman–Crippen MR) is 105 cm³/mol. The summed E-state index contributed by atoms with van der Waals surface area (Å²) in [4.78, 5) is 29.7. The molecule has 1 heterocycles. The van der Waals surface area contributed by atoms with Gasteiger partial charge in [0.1, 0.15) is 12.7 Å². The molecule has 0 unspecified atom stereocenters. The van der Waals surface area contributed by atoms with Crippen LogP contribution in [0.3, 0.4) is 0 Å². The third-order valence-corrected chi connectivity index (χ3v) is 4.39. The molecular formula is C21H21FN4O4. The summed E-state index contributed by atoms with van der Waals surface area (Å²) in [5, 5.41) is 4.02. The summed E-state index contributed by atoms with van der Waals surface area (Å²) in [6, 6.07) is 11.3. The zero-order chi connectivity index (χ0) is 21.5. The second kappa shape index (κ2) is 9.64. The first-order chi connectivity index (χ1) is 14.5. The first-order valence-electron chi connectivity index (χ1n) is 9.11. The fourth-order valence-corrected chi connectivity index (χ4v) is 2.74. The average molecular weight is 412 g/mol. The second-order valence-electron chi connectivity index (χ2n) is 6.58. The number of halogens is 1. The molecule has 0 aliphatic rings. The van der Waals surface area contributed by atoms with Crippen LogP contribution < -0.4 is 4.74 Å². The van der Waals surface area contributed by atoms with E-state index in [1.807, 2.05) is 0 Å². The zero-order valence-corrected chi connectivity index (χ0v) is 16.6. The molecule has 0 aliphatic carbocycles. The highest BCUT2D eigenvalue weighted by Crippen LogP contribution is 2.18. The average Bonchev–Trinajstić information content (AvgIpc) is 3.25. The lowest BCUT2D eigenvalue weighted by Crippen LogP contribution is -2.30. The number of carbonyl (C=O) groups excluding carboxylic acids is 2. The Balaban J connectivity index is 1.49. The fourth-order valence-electron chi connectivity index (χ4n) is 2.74. The van der Waals surface area contributed by atoms with Gasteiger partial charge in [-0.1, -0.05) is 18.2 Å². The SMILES string of the molecule is COc1ccc(CN(C)C(=O)COC(=O)c2ccc(Cn3cncn3)cc2)cc1F. The number of benzene rings is 2. The Labute approximate surface area is 172 Å². The number of amides is 1. The lowest BCUT2D eigenvalue weighted by molar-refractivity contribution is -0.133. The molecule has 3 rings (SSSR count). The van der Waals surface area contributed by atoms with Gasteiger partial charge in [-0.05, 0) is 35.4 Å². The van der Waals surface area contributed by atoms with Gasteiger partial charge in [-0.15, -0.1) is 0 Å². The molecule has 30 heavy (non-hydrogen) atoms. The van der Waals surface area contributed by atoms with E-state index in [0.717, 1.165) is 5.56 Å². The van der Waals surface area contributed by atoms with Crippen molar-refractivity contribution in [3.05, 3.63) is 77.6 Å². The summed E-state index contributed by atoms with van der Waals surface area (Å²) in [6.07, 6.45) is 3.05. The first-order valence-corrected chi connectivity index (χ1v) is 9.11. The highest BCUT2D eigenvalue weighted by atomic mass is 19.1. The molecule has 0 atom stereocenters. The molecule has 0 radical (unpaired) electrons. The quantitative estimate of drug-likeness (QED) is 0.528. The lowest BCUT2D eigenvalue weighted by atomic mass is 10.1. The first kappa shape index (κ1) is 21.0. The second-order valence-corrected chi connectivity index (χ2v) is 6.58. The number of ether oxygens (including phenoxy) is 2. The van der Waals surface area contributed by atoms with Crippen LogP contribution >= 0.6 is 0 Å². The Morgan fingerprint density at radius 3 is 2.50 bits per heavy atom.